The van der Waals surface area contributed by atoms with Crippen LogP contribution in [0.5, 0.6) is 0 Å². The van der Waals surface area contributed by atoms with Crippen molar-refractivity contribution in [1.29, 1.82) is 0 Å². The fourth-order valence-corrected chi connectivity index (χ4v) is 3.94. The Morgan fingerprint density at radius 1 is 1.39 bits per heavy atom. The highest BCUT2D eigenvalue weighted by atomic mass is 35.7. The van der Waals surface area contributed by atoms with Gasteiger partial charge >= 0.3 is 0 Å². The Morgan fingerprint density at radius 2 is 2.17 bits per heavy atom. The molecule has 2 aliphatic rings. The molecule has 2 rings (SSSR count). The van der Waals surface area contributed by atoms with E-state index in [1.54, 1.807) is 4.90 Å². The summed E-state index contributed by atoms with van der Waals surface area (Å²) in [5.74, 6) is -0.291. The second kappa shape index (κ2) is 5.75. The van der Waals surface area contributed by atoms with Crippen LogP contribution in [0.25, 0.3) is 0 Å². The molecule has 0 saturated carbocycles. The molecule has 7 heteroatoms. The summed E-state index contributed by atoms with van der Waals surface area (Å²) in [6, 6.07) is 0. The minimum Gasteiger partial charge on any atom is -0.376 e. The average molecular weight is 296 g/mol. The number of carbonyl (C=O) groups excluding carboxylic acids is 1. The summed E-state index contributed by atoms with van der Waals surface area (Å²) in [5.41, 5.74) is 0. The van der Waals surface area contributed by atoms with Crippen molar-refractivity contribution < 1.29 is 17.9 Å². The summed E-state index contributed by atoms with van der Waals surface area (Å²) >= 11 is 0. The normalized spacial score (nSPS) is 29.8. The van der Waals surface area contributed by atoms with E-state index in [0.717, 1.165) is 25.9 Å². The molecule has 0 aromatic carbocycles. The molecule has 2 unspecified atom stereocenters. The van der Waals surface area contributed by atoms with E-state index in [2.05, 4.69) is 0 Å². The molecule has 0 spiro atoms. The molecule has 0 bridgehead atoms. The van der Waals surface area contributed by atoms with Gasteiger partial charge in [0.1, 0.15) is 0 Å². The van der Waals surface area contributed by atoms with Crippen molar-refractivity contribution in [2.45, 2.75) is 31.8 Å². The lowest BCUT2D eigenvalue weighted by atomic mass is 10.1. The Morgan fingerprint density at radius 3 is 2.78 bits per heavy atom. The molecule has 0 aliphatic carbocycles. The van der Waals surface area contributed by atoms with Gasteiger partial charge in [-0.3, -0.25) is 4.79 Å². The first kappa shape index (κ1) is 14.1. The summed E-state index contributed by atoms with van der Waals surface area (Å²) in [5, 5.41) is 0. The van der Waals surface area contributed by atoms with Gasteiger partial charge in [0.05, 0.1) is 11.9 Å². The first-order valence-electron chi connectivity index (χ1n) is 6.26. The van der Waals surface area contributed by atoms with Crippen LogP contribution in [0, 0.1) is 5.92 Å². The van der Waals surface area contributed by atoms with Crippen molar-refractivity contribution in [3.05, 3.63) is 0 Å². The van der Waals surface area contributed by atoms with Gasteiger partial charge in [-0.05, 0) is 19.3 Å². The Labute approximate surface area is 112 Å². The van der Waals surface area contributed by atoms with Crippen LogP contribution in [-0.4, -0.2) is 50.8 Å². The number of hydrogen-bond acceptors (Lipinski definition) is 4. The quantitative estimate of drug-likeness (QED) is 0.725. The third kappa shape index (κ3) is 4.10. The third-order valence-corrected chi connectivity index (χ3v) is 4.67. The topological polar surface area (TPSA) is 63.7 Å². The summed E-state index contributed by atoms with van der Waals surface area (Å²) in [6.07, 6.45) is 3.57. The van der Waals surface area contributed by atoms with Crippen LogP contribution in [0.15, 0.2) is 0 Å². The van der Waals surface area contributed by atoms with E-state index >= 15 is 0 Å². The summed E-state index contributed by atoms with van der Waals surface area (Å²) in [6.45, 7) is 1.81. The summed E-state index contributed by atoms with van der Waals surface area (Å²) in [4.78, 5) is 13.5. The number of rotatable bonds is 4. The smallest absolute Gasteiger partial charge is 0.232 e. The molecule has 1 amide bonds. The molecule has 2 heterocycles. The highest BCUT2D eigenvalue weighted by Crippen LogP contribution is 2.23. The third-order valence-electron chi connectivity index (χ3n) is 3.43. The molecular formula is C11H18ClNO4S. The van der Waals surface area contributed by atoms with E-state index in [1.807, 2.05) is 0 Å². The van der Waals surface area contributed by atoms with Gasteiger partial charge in [-0.25, -0.2) is 8.42 Å². The molecule has 0 aromatic rings. The number of ether oxygens (including phenoxy) is 1. The highest BCUT2D eigenvalue weighted by Gasteiger charge is 2.33. The second-order valence-electron chi connectivity index (χ2n) is 5.06. The Hall–Kier alpha value is -0.330. The van der Waals surface area contributed by atoms with Gasteiger partial charge < -0.3 is 9.64 Å². The maximum atomic E-state index is 11.8. The fraction of sp³-hybridized carbons (Fsp3) is 0.909. The predicted octanol–water partition coefficient (Wildman–Crippen LogP) is 0.973. The standard InChI is InChI=1S/C11H18ClNO4S/c12-18(15,16)8-9-5-11(14)13(6-9)7-10-3-1-2-4-17-10/h9-10H,1-8H2. The number of likely N-dealkylation sites (tertiary alicyclic amines) is 1. The van der Waals surface area contributed by atoms with Crippen LogP contribution in [0.2, 0.25) is 0 Å². The second-order valence-corrected chi connectivity index (χ2v) is 7.88. The molecule has 2 atom stereocenters. The van der Waals surface area contributed by atoms with Crippen LogP contribution >= 0.6 is 10.7 Å². The van der Waals surface area contributed by atoms with Gasteiger partial charge in [-0.1, -0.05) is 0 Å². The minimum atomic E-state index is -3.53. The summed E-state index contributed by atoms with van der Waals surface area (Å²) < 4.78 is 27.6. The fourth-order valence-electron chi connectivity index (χ4n) is 2.62. The lowest BCUT2D eigenvalue weighted by Gasteiger charge is -2.27. The Kier molecular flexibility index (Phi) is 4.50. The van der Waals surface area contributed by atoms with Crippen molar-refractivity contribution >= 4 is 25.6 Å². The number of nitrogens with zero attached hydrogens (tertiary/aromatic N) is 1. The Bertz CT molecular complexity index is 405. The molecule has 18 heavy (non-hydrogen) atoms. The number of carbonyl (C=O) groups is 1. The van der Waals surface area contributed by atoms with Gasteiger partial charge in [0, 0.05) is 42.7 Å². The van der Waals surface area contributed by atoms with Crippen molar-refractivity contribution in [3.63, 3.8) is 0 Å². The molecular weight excluding hydrogens is 278 g/mol. The largest absolute Gasteiger partial charge is 0.376 e. The summed E-state index contributed by atoms with van der Waals surface area (Å²) in [7, 11) is 1.69. The molecule has 0 radical (unpaired) electrons. The van der Waals surface area contributed by atoms with Crippen molar-refractivity contribution in [3.8, 4) is 0 Å². The van der Waals surface area contributed by atoms with Crippen LogP contribution in [0.1, 0.15) is 25.7 Å². The van der Waals surface area contributed by atoms with E-state index in [9.17, 15) is 13.2 Å². The van der Waals surface area contributed by atoms with Crippen LogP contribution in [0.3, 0.4) is 0 Å². The van der Waals surface area contributed by atoms with Crippen LogP contribution < -0.4 is 0 Å². The van der Waals surface area contributed by atoms with Gasteiger partial charge in [-0.2, -0.15) is 0 Å². The van der Waals surface area contributed by atoms with Crippen LogP contribution in [-0.2, 0) is 18.6 Å². The average Bonchev–Trinajstić information content (AvgIpc) is 2.58. The zero-order valence-corrected chi connectivity index (χ0v) is 11.8. The number of hydrogen-bond donors (Lipinski definition) is 0. The molecule has 2 fully saturated rings. The first-order valence-corrected chi connectivity index (χ1v) is 8.73. The van der Waals surface area contributed by atoms with Crippen molar-refractivity contribution in [2.75, 3.05) is 25.4 Å². The van der Waals surface area contributed by atoms with E-state index < -0.39 is 9.05 Å². The lowest BCUT2D eigenvalue weighted by molar-refractivity contribution is -0.130. The highest BCUT2D eigenvalue weighted by molar-refractivity contribution is 8.13. The van der Waals surface area contributed by atoms with E-state index in [-0.39, 0.29) is 30.1 Å². The van der Waals surface area contributed by atoms with Crippen LogP contribution in [0.4, 0.5) is 0 Å². The lowest BCUT2D eigenvalue weighted by Crippen LogP contribution is -2.37. The maximum Gasteiger partial charge on any atom is 0.232 e. The monoisotopic (exact) mass is 295 g/mol. The zero-order chi connectivity index (χ0) is 13.2. The SMILES string of the molecule is O=C1CC(CS(=O)(=O)Cl)CN1CC1CCCCO1. The molecule has 2 saturated heterocycles. The first-order chi connectivity index (χ1) is 8.44. The van der Waals surface area contributed by atoms with Crippen molar-refractivity contribution in [1.82, 2.24) is 4.90 Å². The minimum absolute atomic E-state index is 0.00879. The molecule has 5 nitrogen and oxygen atoms in total. The number of amides is 1. The maximum absolute atomic E-state index is 11.8. The molecule has 104 valence electrons. The molecule has 0 N–H and O–H groups in total. The van der Waals surface area contributed by atoms with Gasteiger partial charge in [0.15, 0.2) is 0 Å². The van der Waals surface area contributed by atoms with Gasteiger partial charge in [0.2, 0.25) is 15.0 Å². The van der Waals surface area contributed by atoms with Gasteiger partial charge in [-0.15, -0.1) is 0 Å². The Balaban J connectivity index is 1.85. The zero-order valence-electron chi connectivity index (χ0n) is 10.2. The molecule has 2 aliphatic heterocycles. The van der Waals surface area contributed by atoms with Crippen molar-refractivity contribution in [2.24, 2.45) is 5.92 Å². The van der Waals surface area contributed by atoms with Gasteiger partial charge in [0.25, 0.3) is 0 Å². The number of halogens is 1. The van der Waals surface area contributed by atoms with E-state index in [0.29, 0.717) is 13.1 Å². The predicted molar refractivity (Wildman–Crippen MR) is 67.9 cm³/mol. The van der Waals surface area contributed by atoms with E-state index in [4.69, 9.17) is 15.4 Å². The molecule has 0 aromatic heterocycles. The van der Waals surface area contributed by atoms with E-state index in [1.165, 1.54) is 0 Å².